The van der Waals surface area contributed by atoms with Gasteiger partial charge in [0, 0.05) is 26.1 Å². The molecular weight excluding hydrogens is 381 g/mol. The zero-order valence-electron chi connectivity index (χ0n) is 16.9. The number of ether oxygens (including phenoxy) is 1. The second kappa shape index (κ2) is 10.0. The van der Waals surface area contributed by atoms with E-state index in [2.05, 4.69) is 9.80 Å². The normalized spacial score (nSPS) is 20.8. The number of rotatable bonds is 9. The first kappa shape index (κ1) is 22.2. The summed E-state index contributed by atoms with van der Waals surface area (Å²) in [6, 6.07) is 5.50. The van der Waals surface area contributed by atoms with E-state index in [-0.39, 0.29) is 0 Å². The fourth-order valence-corrected chi connectivity index (χ4v) is 4.39. The van der Waals surface area contributed by atoms with Crippen molar-refractivity contribution in [2.45, 2.75) is 50.3 Å². The number of piperidine rings is 1. The van der Waals surface area contributed by atoms with Crippen LogP contribution < -0.4 is 0 Å². The highest BCUT2D eigenvalue weighted by molar-refractivity contribution is 5.49. The van der Waals surface area contributed by atoms with Gasteiger partial charge in [-0.2, -0.15) is 13.2 Å². The zero-order valence-corrected chi connectivity index (χ0v) is 16.9. The molecule has 162 valence electrons. The lowest BCUT2D eigenvalue weighted by Crippen LogP contribution is -2.45. The van der Waals surface area contributed by atoms with Crippen molar-refractivity contribution < 1.29 is 22.7 Å². The van der Waals surface area contributed by atoms with Crippen molar-refractivity contribution in [3.05, 3.63) is 35.4 Å². The number of likely N-dealkylation sites (tertiary alicyclic amines) is 2. The monoisotopic (exact) mass is 412 g/mol. The Morgan fingerprint density at radius 2 is 1.59 bits per heavy atom. The predicted octanol–water partition coefficient (Wildman–Crippen LogP) is 4.09. The van der Waals surface area contributed by atoms with Crippen LogP contribution in [0, 0.1) is 0 Å². The zero-order chi connectivity index (χ0) is 20.7. The van der Waals surface area contributed by atoms with Crippen LogP contribution >= 0.6 is 0 Å². The highest BCUT2D eigenvalue weighted by atomic mass is 19.4. The largest absolute Gasteiger partial charge is 0.416 e. The van der Waals surface area contributed by atoms with Crippen LogP contribution in [0.15, 0.2) is 24.3 Å². The number of carbonyl (C=O) groups is 1. The van der Waals surface area contributed by atoms with Crippen LogP contribution in [0.3, 0.4) is 0 Å². The number of halogens is 3. The van der Waals surface area contributed by atoms with Crippen LogP contribution in [0.2, 0.25) is 0 Å². The molecule has 0 aromatic heterocycles. The molecule has 4 nitrogen and oxygen atoms in total. The molecule has 0 atom stereocenters. The molecule has 2 aliphatic heterocycles. The third kappa shape index (κ3) is 6.03. The molecule has 2 saturated heterocycles. The minimum Gasteiger partial charge on any atom is -0.369 e. The summed E-state index contributed by atoms with van der Waals surface area (Å²) in [5, 5.41) is 0. The number of hydrogen-bond donors (Lipinski definition) is 0. The van der Waals surface area contributed by atoms with Gasteiger partial charge in [-0.05, 0) is 69.4 Å². The van der Waals surface area contributed by atoms with Crippen molar-refractivity contribution in [1.82, 2.24) is 9.80 Å². The van der Waals surface area contributed by atoms with Crippen LogP contribution in [-0.2, 0) is 21.3 Å². The fourth-order valence-electron chi connectivity index (χ4n) is 4.39. The lowest BCUT2D eigenvalue weighted by atomic mass is 9.83. The van der Waals surface area contributed by atoms with Gasteiger partial charge in [-0.25, -0.2) is 0 Å². The Morgan fingerprint density at radius 3 is 2.17 bits per heavy atom. The SMILES string of the molecule is O=CCCCN1CCC(OCCN2CCCC2)(c2ccc(C(F)(F)F)cc2)CC1. The molecule has 0 spiro atoms. The van der Waals surface area contributed by atoms with Gasteiger partial charge in [-0.1, -0.05) is 12.1 Å². The summed E-state index contributed by atoms with van der Waals surface area (Å²) in [5.41, 5.74) is -0.329. The third-order valence-corrected chi connectivity index (χ3v) is 6.18. The topological polar surface area (TPSA) is 32.8 Å². The summed E-state index contributed by atoms with van der Waals surface area (Å²) < 4.78 is 45.3. The van der Waals surface area contributed by atoms with Gasteiger partial charge in [-0.3, -0.25) is 0 Å². The minimum absolute atomic E-state index is 0.537. The van der Waals surface area contributed by atoms with E-state index in [4.69, 9.17) is 4.74 Å². The summed E-state index contributed by atoms with van der Waals surface area (Å²) >= 11 is 0. The molecule has 0 saturated carbocycles. The number of unbranched alkanes of at least 4 members (excludes halogenated alkanes) is 1. The van der Waals surface area contributed by atoms with E-state index >= 15 is 0 Å². The van der Waals surface area contributed by atoms with Crippen molar-refractivity contribution >= 4 is 6.29 Å². The second-order valence-electron chi connectivity index (χ2n) is 8.12. The van der Waals surface area contributed by atoms with E-state index in [1.807, 2.05) is 0 Å². The molecule has 0 amide bonds. The van der Waals surface area contributed by atoms with Crippen LogP contribution in [0.1, 0.15) is 49.7 Å². The first-order chi connectivity index (χ1) is 13.9. The maximum absolute atomic E-state index is 13.0. The van der Waals surface area contributed by atoms with Gasteiger partial charge in [-0.15, -0.1) is 0 Å². The van der Waals surface area contributed by atoms with E-state index in [1.165, 1.54) is 12.8 Å². The molecule has 0 N–H and O–H groups in total. The Hall–Kier alpha value is -1.44. The molecule has 1 aromatic rings. The summed E-state index contributed by atoms with van der Waals surface area (Å²) in [4.78, 5) is 15.2. The van der Waals surface area contributed by atoms with Gasteiger partial charge in [0.05, 0.1) is 17.8 Å². The van der Waals surface area contributed by atoms with Crippen molar-refractivity contribution in [3.8, 4) is 0 Å². The molecule has 1 aromatic carbocycles. The molecule has 0 radical (unpaired) electrons. The smallest absolute Gasteiger partial charge is 0.369 e. The Morgan fingerprint density at radius 1 is 0.966 bits per heavy atom. The standard InChI is InChI=1S/C22H31F3N2O2/c23-22(24,25)20-7-5-19(6-8-20)21(29-18-16-26-11-1-2-12-26)9-14-27(15-10-21)13-3-4-17-28/h5-8,17H,1-4,9-16,18H2. The van der Waals surface area contributed by atoms with Crippen molar-refractivity contribution in [1.29, 1.82) is 0 Å². The van der Waals surface area contributed by atoms with Gasteiger partial charge in [0.15, 0.2) is 0 Å². The summed E-state index contributed by atoms with van der Waals surface area (Å²) in [6.45, 7) is 6.17. The Labute approximate surface area is 171 Å². The first-order valence-corrected chi connectivity index (χ1v) is 10.6. The number of nitrogens with zero attached hydrogens (tertiary/aromatic N) is 2. The maximum Gasteiger partial charge on any atom is 0.416 e. The number of hydrogen-bond acceptors (Lipinski definition) is 4. The highest BCUT2D eigenvalue weighted by Crippen LogP contribution is 2.38. The molecule has 0 aliphatic carbocycles. The van der Waals surface area contributed by atoms with Crippen LogP contribution in [0.4, 0.5) is 13.2 Å². The second-order valence-corrected chi connectivity index (χ2v) is 8.12. The minimum atomic E-state index is -4.33. The van der Waals surface area contributed by atoms with Crippen LogP contribution in [0.5, 0.6) is 0 Å². The average Bonchev–Trinajstić information content (AvgIpc) is 3.22. The van der Waals surface area contributed by atoms with Crippen molar-refractivity contribution in [2.75, 3.05) is 45.9 Å². The average molecular weight is 412 g/mol. The molecule has 7 heteroatoms. The van der Waals surface area contributed by atoms with Crippen LogP contribution in [-0.4, -0.2) is 62.0 Å². The Bertz CT molecular complexity index is 634. The lowest BCUT2D eigenvalue weighted by Gasteiger charge is -2.42. The van der Waals surface area contributed by atoms with E-state index in [0.29, 0.717) is 13.0 Å². The van der Waals surface area contributed by atoms with Gasteiger partial charge in [0.2, 0.25) is 0 Å². The molecular formula is C22H31F3N2O2. The van der Waals surface area contributed by atoms with E-state index in [0.717, 1.165) is 82.5 Å². The number of carbonyl (C=O) groups excluding carboxylic acids is 1. The van der Waals surface area contributed by atoms with Gasteiger partial charge in [0.1, 0.15) is 6.29 Å². The van der Waals surface area contributed by atoms with Gasteiger partial charge >= 0.3 is 6.18 Å². The molecule has 3 rings (SSSR count). The maximum atomic E-state index is 13.0. The number of benzene rings is 1. The Balaban J connectivity index is 1.67. The van der Waals surface area contributed by atoms with Crippen molar-refractivity contribution in [2.24, 2.45) is 0 Å². The number of alkyl halides is 3. The van der Waals surface area contributed by atoms with Crippen molar-refractivity contribution in [3.63, 3.8) is 0 Å². The van der Waals surface area contributed by atoms with Gasteiger partial charge < -0.3 is 19.3 Å². The first-order valence-electron chi connectivity index (χ1n) is 10.6. The van der Waals surface area contributed by atoms with E-state index in [9.17, 15) is 18.0 Å². The molecule has 2 heterocycles. The fraction of sp³-hybridized carbons (Fsp3) is 0.682. The predicted molar refractivity (Wildman–Crippen MR) is 106 cm³/mol. The third-order valence-electron chi connectivity index (χ3n) is 6.18. The molecule has 29 heavy (non-hydrogen) atoms. The Kier molecular flexibility index (Phi) is 7.71. The lowest BCUT2D eigenvalue weighted by molar-refractivity contribution is -0.137. The number of aldehydes is 1. The highest BCUT2D eigenvalue weighted by Gasteiger charge is 2.38. The summed E-state index contributed by atoms with van der Waals surface area (Å²) in [6.07, 6.45) is 1.96. The molecule has 2 fully saturated rings. The molecule has 0 unspecified atom stereocenters. The quantitative estimate of drug-likeness (QED) is 0.452. The van der Waals surface area contributed by atoms with Crippen LogP contribution in [0.25, 0.3) is 0 Å². The molecule has 0 bridgehead atoms. The summed E-state index contributed by atoms with van der Waals surface area (Å²) in [7, 11) is 0. The van der Waals surface area contributed by atoms with Gasteiger partial charge in [0.25, 0.3) is 0 Å². The summed E-state index contributed by atoms with van der Waals surface area (Å²) in [5.74, 6) is 0. The van der Waals surface area contributed by atoms with E-state index in [1.54, 1.807) is 12.1 Å². The van der Waals surface area contributed by atoms with E-state index < -0.39 is 17.3 Å². The molecule has 2 aliphatic rings.